The van der Waals surface area contributed by atoms with E-state index in [0.29, 0.717) is 36.0 Å². The number of pyridine rings is 2. The Labute approximate surface area is 303 Å². The van der Waals surface area contributed by atoms with Gasteiger partial charge in [-0.05, 0) is 130 Å². The standard InChI is InChI=1S/C13H11BrFIN2O.C13H12FIN2O.C4H4BrNO2/c1-7(10-5-9(15)2-3-11(10)16)19-12-4-8(14)6-18-13(12)17;1-8(10-7-9(14)4-5-11(10)15)18-12-3-2-6-17-13(12)16;5-6-3(7)1-2-4(6)8/h2-7H,1H3,(H2,17,18);2-8H,1H3,(H2,16,17);1-2H2. The second kappa shape index (κ2) is 17.3. The van der Waals surface area contributed by atoms with Gasteiger partial charge in [0.25, 0.3) is 0 Å². The predicted octanol–water partition coefficient (Wildman–Crippen LogP) is 8.30. The summed E-state index contributed by atoms with van der Waals surface area (Å²) in [5.41, 5.74) is 13.0. The van der Waals surface area contributed by atoms with Gasteiger partial charge < -0.3 is 20.9 Å². The van der Waals surface area contributed by atoms with Gasteiger partial charge in [-0.1, -0.05) is 0 Å². The van der Waals surface area contributed by atoms with Crippen molar-refractivity contribution in [2.75, 3.05) is 11.5 Å². The molecule has 5 rings (SSSR count). The second-order valence-electron chi connectivity index (χ2n) is 9.34. The Kier molecular flexibility index (Phi) is 14.2. The highest BCUT2D eigenvalue weighted by Crippen LogP contribution is 2.31. The lowest BCUT2D eigenvalue weighted by Gasteiger charge is -2.17. The largest absolute Gasteiger partial charge is 0.482 e. The smallest absolute Gasteiger partial charge is 0.239 e. The molecule has 0 bridgehead atoms. The van der Waals surface area contributed by atoms with Gasteiger partial charge in [-0.3, -0.25) is 9.59 Å². The molecule has 1 saturated heterocycles. The average Bonchev–Trinajstić information content (AvgIpc) is 3.29. The third-order valence-electron chi connectivity index (χ3n) is 6.04. The molecule has 4 aromatic rings. The summed E-state index contributed by atoms with van der Waals surface area (Å²) in [6.07, 6.45) is 3.28. The van der Waals surface area contributed by atoms with Crippen LogP contribution in [-0.2, 0) is 9.59 Å². The van der Waals surface area contributed by atoms with Crippen LogP contribution in [0.25, 0.3) is 0 Å². The molecule has 2 unspecified atom stereocenters. The Morgan fingerprint density at radius 1 is 0.822 bits per heavy atom. The molecular weight excluding hydrogens is 946 g/mol. The van der Waals surface area contributed by atoms with Crippen LogP contribution < -0.4 is 20.9 Å². The molecule has 15 heteroatoms. The van der Waals surface area contributed by atoms with E-state index in [4.69, 9.17) is 20.9 Å². The van der Waals surface area contributed by atoms with Gasteiger partial charge in [-0.15, -0.1) is 0 Å². The number of hydrogen-bond acceptors (Lipinski definition) is 8. The molecule has 2 aromatic carbocycles. The van der Waals surface area contributed by atoms with Crippen LogP contribution in [0.2, 0.25) is 0 Å². The number of nitrogens with two attached hydrogens (primary N) is 2. The molecule has 1 aliphatic heterocycles. The van der Waals surface area contributed by atoms with Crippen molar-refractivity contribution >= 4 is 101 Å². The number of carbonyl (C=O) groups is 2. The Balaban J connectivity index is 0.000000198. The summed E-state index contributed by atoms with van der Waals surface area (Å²) < 4.78 is 41.6. The first kappa shape index (κ1) is 36.8. The van der Waals surface area contributed by atoms with E-state index in [0.717, 1.165) is 26.7 Å². The van der Waals surface area contributed by atoms with Crippen LogP contribution in [-0.4, -0.2) is 25.7 Å². The predicted molar refractivity (Wildman–Crippen MR) is 191 cm³/mol. The molecule has 2 aromatic heterocycles. The van der Waals surface area contributed by atoms with Crippen molar-refractivity contribution in [2.24, 2.45) is 0 Å². The van der Waals surface area contributed by atoms with E-state index in [1.54, 1.807) is 42.7 Å². The minimum absolute atomic E-state index is 0.144. The molecule has 0 aliphatic carbocycles. The Morgan fingerprint density at radius 2 is 1.31 bits per heavy atom. The average molecular weight is 973 g/mol. The number of nitrogens with zero attached hydrogens (tertiary/aromatic N) is 3. The maximum Gasteiger partial charge on any atom is 0.239 e. The Hall–Kier alpha value is -2.64. The fraction of sp³-hybridized carbons (Fsp3) is 0.200. The molecule has 1 aliphatic rings. The number of amides is 2. The van der Waals surface area contributed by atoms with E-state index < -0.39 is 0 Å². The molecule has 0 saturated carbocycles. The van der Waals surface area contributed by atoms with Crippen LogP contribution in [0.4, 0.5) is 20.4 Å². The summed E-state index contributed by atoms with van der Waals surface area (Å²) in [6.45, 7) is 3.70. The molecule has 3 heterocycles. The van der Waals surface area contributed by atoms with Gasteiger partial charge in [0, 0.05) is 48.0 Å². The van der Waals surface area contributed by atoms with E-state index in [1.807, 2.05) is 13.8 Å². The molecule has 2 amide bonds. The van der Waals surface area contributed by atoms with Crippen molar-refractivity contribution in [1.82, 2.24) is 13.9 Å². The van der Waals surface area contributed by atoms with Gasteiger partial charge >= 0.3 is 0 Å². The lowest BCUT2D eigenvalue weighted by Crippen LogP contribution is -2.16. The number of anilines is 2. The zero-order valence-corrected chi connectivity index (χ0v) is 31.3. The van der Waals surface area contributed by atoms with E-state index in [9.17, 15) is 18.4 Å². The molecule has 9 nitrogen and oxygen atoms in total. The van der Waals surface area contributed by atoms with Gasteiger partial charge in [-0.25, -0.2) is 22.7 Å². The fourth-order valence-electron chi connectivity index (χ4n) is 3.74. The van der Waals surface area contributed by atoms with Crippen LogP contribution in [0.5, 0.6) is 11.5 Å². The third-order valence-corrected chi connectivity index (χ3v) is 9.23. The Bertz CT molecular complexity index is 1650. The van der Waals surface area contributed by atoms with Crippen molar-refractivity contribution < 1.29 is 27.8 Å². The highest BCUT2D eigenvalue weighted by atomic mass is 127. The number of carbonyl (C=O) groups excluding carboxylic acids is 2. The second-order valence-corrected chi connectivity index (χ2v) is 13.3. The van der Waals surface area contributed by atoms with Crippen molar-refractivity contribution in [3.63, 3.8) is 0 Å². The summed E-state index contributed by atoms with van der Waals surface area (Å²) in [6, 6.07) is 14.5. The number of imide groups is 1. The highest BCUT2D eigenvalue weighted by Gasteiger charge is 2.26. The molecule has 2 atom stereocenters. The summed E-state index contributed by atoms with van der Waals surface area (Å²) in [7, 11) is 0. The van der Waals surface area contributed by atoms with Crippen molar-refractivity contribution in [2.45, 2.75) is 38.9 Å². The lowest BCUT2D eigenvalue weighted by molar-refractivity contribution is -0.131. The van der Waals surface area contributed by atoms with Gasteiger partial charge in [0.05, 0.1) is 16.1 Å². The summed E-state index contributed by atoms with van der Waals surface area (Å²) in [4.78, 5) is 28.8. The first-order chi connectivity index (χ1) is 21.3. The topological polar surface area (TPSA) is 134 Å². The number of ether oxygens (including phenoxy) is 2. The summed E-state index contributed by atoms with van der Waals surface area (Å²) in [5, 5.41) is 0. The van der Waals surface area contributed by atoms with Crippen LogP contribution in [0.1, 0.15) is 50.0 Å². The van der Waals surface area contributed by atoms with Crippen LogP contribution in [0.15, 0.2) is 71.5 Å². The molecule has 0 radical (unpaired) electrons. The number of aromatic nitrogens is 2. The summed E-state index contributed by atoms with van der Waals surface area (Å²) in [5.74, 6) is 0.764. The monoisotopic (exact) mass is 971 g/mol. The zero-order chi connectivity index (χ0) is 33.3. The van der Waals surface area contributed by atoms with Gasteiger partial charge in [-0.2, -0.15) is 0 Å². The molecule has 45 heavy (non-hydrogen) atoms. The highest BCUT2D eigenvalue weighted by molar-refractivity contribution is 14.1. The summed E-state index contributed by atoms with van der Waals surface area (Å²) >= 11 is 10.4. The van der Waals surface area contributed by atoms with Gasteiger partial charge in [0.2, 0.25) is 11.8 Å². The van der Waals surface area contributed by atoms with E-state index >= 15 is 0 Å². The zero-order valence-electron chi connectivity index (χ0n) is 23.8. The van der Waals surface area contributed by atoms with E-state index in [1.165, 1.54) is 24.3 Å². The molecule has 0 spiro atoms. The van der Waals surface area contributed by atoms with Crippen molar-refractivity contribution in [3.8, 4) is 11.5 Å². The van der Waals surface area contributed by atoms with Crippen LogP contribution in [0, 0.1) is 18.8 Å². The first-order valence-electron chi connectivity index (χ1n) is 13.1. The first-order valence-corrected chi connectivity index (χ1v) is 16.8. The number of hydrogen-bond donors (Lipinski definition) is 2. The normalized spacial score (nSPS) is 13.6. The Morgan fingerprint density at radius 3 is 1.78 bits per heavy atom. The van der Waals surface area contributed by atoms with Crippen LogP contribution in [0.3, 0.4) is 0 Å². The molecule has 4 N–H and O–H groups in total. The number of rotatable bonds is 6. The minimum atomic E-state index is -0.319. The minimum Gasteiger partial charge on any atom is -0.482 e. The SMILES string of the molecule is CC(Oc1cc(Br)cnc1N)c1cc(F)ccc1I.CC(Oc1cccnc1N)c1cc(F)ccc1I.O=C1CCC(=O)N1Br. The molecule has 238 valence electrons. The van der Waals surface area contributed by atoms with Crippen molar-refractivity contribution in [1.29, 1.82) is 0 Å². The van der Waals surface area contributed by atoms with E-state index in [2.05, 4.69) is 87.2 Å². The van der Waals surface area contributed by atoms with Gasteiger partial charge in [0.15, 0.2) is 23.1 Å². The fourth-order valence-corrected chi connectivity index (χ4v) is 5.95. The molecular formula is C30H27Br2F2I2N5O4. The third kappa shape index (κ3) is 11.0. The van der Waals surface area contributed by atoms with Crippen LogP contribution >= 0.6 is 77.3 Å². The number of nitrogen functional groups attached to an aromatic ring is 2. The maximum absolute atomic E-state index is 13.3. The van der Waals surface area contributed by atoms with Gasteiger partial charge in [0.1, 0.15) is 23.8 Å². The number of benzene rings is 2. The van der Waals surface area contributed by atoms with Crippen molar-refractivity contribution in [3.05, 3.63) is 101 Å². The lowest BCUT2D eigenvalue weighted by atomic mass is 10.1. The maximum atomic E-state index is 13.3. The quantitative estimate of drug-likeness (QED) is 0.112. The van der Waals surface area contributed by atoms with E-state index in [-0.39, 0.29) is 35.7 Å². The molecule has 1 fully saturated rings. The number of halogens is 6.